The second-order valence-corrected chi connectivity index (χ2v) is 6.44. The molecule has 2 aromatic rings. The van der Waals surface area contributed by atoms with E-state index in [0.717, 1.165) is 17.4 Å². The van der Waals surface area contributed by atoms with E-state index in [0.29, 0.717) is 32.1 Å². The first-order chi connectivity index (χ1) is 13.2. The minimum atomic E-state index is -0.856. The third-order valence-electron chi connectivity index (χ3n) is 4.75. The van der Waals surface area contributed by atoms with E-state index in [9.17, 15) is 8.78 Å². The van der Waals surface area contributed by atoms with Crippen molar-refractivity contribution in [3.8, 4) is 5.75 Å². The molecule has 0 bridgehead atoms. The van der Waals surface area contributed by atoms with Gasteiger partial charge in [-0.15, -0.1) is 10.6 Å². The van der Waals surface area contributed by atoms with Crippen LogP contribution in [0.5, 0.6) is 5.75 Å². The summed E-state index contributed by atoms with van der Waals surface area (Å²) in [6.07, 6.45) is 0. The first-order valence-corrected chi connectivity index (χ1v) is 8.93. The molecule has 2 aliphatic rings. The summed E-state index contributed by atoms with van der Waals surface area (Å²) in [7, 11) is 0. The molecule has 1 fully saturated rings. The van der Waals surface area contributed by atoms with Gasteiger partial charge in [0.05, 0.1) is 13.2 Å². The Morgan fingerprint density at radius 3 is 2.74 bits per heavy atom. The van der Waals surface area contributed by atoms with Gasteiger partial charge in [0.15, 0.2) is 17.5 Å². The predicted octanol–water partition coefficient (Wildman–Crippen LogP) is 2.56. The van der Waals surface area contributed by atoms with Crippen molar-refractivity contribution in [1.82, 2.24) is 21.0 Å². The first kappa shape index (κ1) is 17.7. The average Bonchev–Trinajstić information content (AvgIpc) is 3.15. The molecule has 0 aliphatic carbocycles. The molecule has 2 aliphatic heterocycles. The molecule has 0 aromatic heterocycles. The molecule has 27 heavy (non-hydrogen) atoms. The molecule has 1 unspecified atom stereocenters. The van der Waals surface area contributed by atoms with Gasteiger partial charge in [-0.3, -0.25) is 9.91 Å². The van der Waals surface area contributed by atoms with Gasteiger partial charge in [0.1, 0.15) is 11.8 Å². The number of piperazine rings is 1. The van der Waals surface area contributed by atoms with Gasteiger partial charge in [-0.2, -0.15) is 0 Å². The van der Waals surface area contributed by atoms with Crippen LogP contribution in [0.2, 0.25) is 0 Å². The van der Waals surface area contributed by atoms with Crippen LogP contribution in [-0.2, 0) is 6.54 Å². The number of rotatable bonds is 5. The maximum Gasteiger partial charge on any atom is 0.164 e. The van der Waals surface area contributed by atoms with Gasteiger partial charge in [0.25, 0.3) is 0 Å². The van der Waals surface area contributed by atoms with Crippen molar-refractivity contribution in [2.75, 3.05) is 19.7 Å². The van der Waals surface area contributed by atoms with Gasteiger partial charge >= 0.3 is 0 Å². The van der Waals surface area contributed by atoms with Crippen molar-refractivity contribution in [1.29, 1.82) is 0 Å². The number of hydrazone groups is 1. The highest BCUT2D eigenvalue weighted by molar-refractivity contribution is 5.89. The molecule has 8 heteroatoms. The third-order valence-corrected chi connectivity index (χ3v) is 4.75. The molecule has 1 atom stereocenters. The van der Waals surface area contributed by atoms with Crippen LogP contribution in [0.4, 0.5) is 8.78 Å². The van der Waals surface area contributed by atoms with Gasteiger partial charge in [-0.25, -0.2) is 14.3 Å². The van der Waals surface area contributed by atoms with E-state index in [1.54, 1.807) is 6.07 Å². The number of halogens is 2. The van der Waals surface area contributed by atoms with Gasteiger partial charge in [-0.1, -0.05) is 24.3 Å². The van der Waals surface area contributed by atoms with E-state index < -0.39 is 17.7 Å². The van der Waals surface area contributed by atoms with Crippen LogP contribution in [0.25, 0.3) is 0 Å². The van der Waals surface area contributed by atoms with Crippen molar-refractivity contribution >= 4 is 5.84 Å². The van der Waals surface area contributed by atoms with Crippen LogP contribution >= 0.6 is 0 Å². The van der Waals surface area contributed by atoms with Crippen molar-refractivity contribution in [3.63, 3.8) is 0 Å². The summed E-state index contributed by atoms with van der Waals surface area (Å²) in [5, 5.41) is 6.07. The van der Waals surface area contributed by atoms with Crippen LogP contribution in [-0.4, -0.2) is 35.4 Å². The molecule has 0 saturated carbocycles. The summed E-state index contributed by atoms with van der Waals surface area (Å²) in [6, 6.07) is 11.6. The Balaban J connectivity index is 1.64. The molecular formula is C19H21F2N5O. The largest absolute Gasteiger partial charge is 0.494 e. The molecule has 142 valence electrons. The average molecular weight is 373 g/mol. The van der Waals surface area contributed by atoms with E-state index in [1.165, 1.54) is 6.07 Å². The minimum absolute atomic E-state index is 0.273. The molecular weight excluding hydrogens is 352 g/mol. The molecule has 0 amide bonds. The minimum Gasteiger partial charge on any atom is -0.494 e. The van der Waals surface area contributed by atoms with E-state index in [2.05, 4.69) is 21.1 Å². The number of fused-ring (bicyclic) bond motifs is 1. The Labute approximate surface area is 156 Å². The monoisotopic (exact) mass is 373 g/mol. The SMILES string of the molecule is CCOc1ccc(CN2CCN3NNN=C3C2c2cccc(F)c2F)cc1. The quantitative estimate of drug-likeness (QED) is 0.844. The molecule has 4 rings (SSSR count). The second kappa shape index (κ2) is 7.50. The van der Waals surface area contributed by atoms with Crippen LogP contribution in [0, 0.1) is 11.6 Å². The maximum absolute atomic E-state index is 14.6. The molecule has 0 spiro atoms. The smallest absolute Gasteiger partial charge is 0.164 e. The lowest BCUT2D eigenvalue weighted by Gasteiger charge is -2.40. The van der Waals surface area contributed by atoms with Gasteiger partial charge < -0.3 is 4.74 Å². The van der Waals surface area contributed by atoms with Crippen molar-refractivity contribution in [3.05, 3.63) is 65.2 Å². The number of benzene rings is 2. The number of hydrazine groups is 2. The van der Waals surface area contributed by atoms with Gasteiger partial charge in [0.2, 0.25) is 0 Å². The van der Waals surface area contributed by atoms with Crippen molar-refractivity contribution in [2.45, 2.75) is 19.5 Å². The fourth-order valence-corrected chi connectivity index (χ4v) is 3.49. The Morgan fingerprint density at radius 1 is 1.15 bits per heavy atom. The Morgan fingerprint density at radius 2 is 1.96 bits per heavy atom. The third kappa shape index (κ3) is 3.45. The number of amidine groups is 1. The lowest BCUT2D eigenvalue weighted by Crippen LogP contribution is -2.54. The topological polar surface area (TPSA) is 52.1 Å². The molecule has 0 radical (unpaired) electrons. The van der Waals surface area contributed by atoms with Crippen LogP contribution in [0.3, 0.4) is 0 Å². The van der Waals surface area contributed by atoms with Crippen LogP contribution in [0.15, 0.2) is 47.6 Å². The number of nitrogens with one attached hydrogen (secondary N) is 2. The number of hydrogen-bond acceptors (Lipinski definition) is 6. The zero-order valence-corrected chi connectivity index (χ0v) is 15.0. The van der Waals surface area contributed by atoms with E-state index >= 15 is 0 Å². The highest BCUT2D eigenvalue weighted by atomic mass is 19.2. The Bertz CT molecular complexity index is 842. The summed E-state index contributed by atoms with van der Waals surface area (Å²) in [5.74, 6) is -0.259. The second-order valence-electron chi connectivity index (χ2n) is 6.44. The normalized spacial score (nSPS) is 19.4. The zero-order valence-electron chi connectivity index (χ0n) is 15.0. The van der Waals surface area contributed by atoms with E-state index in [-0.39, 0.29) is 5.56 Å². The molecule has 2 N–H and O–H groups in total. The van der Waals surface area contributed by atoms with Gasteiger partial charge in [0, 0.05) is 18.7 Å². The fourth-order valence-electron chi connectivity index (χ4n) is 3.49. The van der Waals surface area contributed by atoms with Crippen molar-refractivity contribution < 1.29 is 13.5 Å². The van der Waals surface area contributed by atoms with Crippen molar-refractivity contribution in [2.24, 2.45) is 5.10 Å². The van der Waals surface area contributed by atoms with Gasteiger partial charge in [-0.05, 0) is 30.7 Å². The molecule has 6 nitrogen and oxygen atoms in total. The zero-order chi connectivity index (χ0) is 18.8. The Kier molecular flexibility index (Phi) is 4.91. The molecule has 1 saturated heterocycles. The molecule has 2 aromatic carbocycles. The van der Waals surface area contributed by atoms with E-state index in [1.807, 2.05) is 36.2 Å². The highest BCUT2D eigenvalue weighted by Gasteiger charge is 2.38. The lowest BCUT2D eigenvalue weighted by molar-refractivity contribution is 0.143. The maximum atomic E-state index is 14.6. The van der Waals surface area contributed by atoms with E-state index in [4.69, 9.17) is 4.74 Å². The van der Waals surface area contributed by atoms with Crippen LogP contribution < -0.4 is 15.8 Å². The fraction of sp³-hybridized carbons (Fsp3) is 0.316. The predicted molar refractivity (Wildman–Crippen MR) is 97.5 cm³/mol. The van der Waals surface area contributed by atoms with Crippen LogP contribution in [0.1, 0.15) is 24.1 Å². The summed E-state index contributed by atoms with van der Waals surface area (Å²) in [4.78, 5) is 2.09. The standard InChI is InChI=1S/C19H21F2N5O/c1-2-27-14-8-6-13(7-9-14)12-25-10-11-26-19(22-23-24-26)18(25)15-4-3-5-16(20)17(15)21/h3-9,18,23-24H,2,10-12H2,1H3. The highest BCUT2D eigenvalue weighted by Crippen LogP contribution is 2.32. The Hall–Kier alpha value is -2.71. The summed E-state index contributed by atoms with van der Waals surface area (Å²) in [6.45, 7) is 4.48. The first-order valence-electron chi connectivity index (χ1n) is 8.93. The summed E-state index contributed by atoms with van der Waals surface area (Å²) >= 11 is 0. The lowest BCUT2D eigenvalue weighted by atomic mass is 9.99. The number of nitrogens with zero attached hydrogens (tertiary/aromatic N) is 3. The summed E-state index contributed by atoms with van der Waals surface area (Å²) in [5.41, 5.74) is 6.96. The summed E-state index contributed by atoms with van der Waals surface area (Å²) < 4.78 is 33.9. The molecule has 2 heterocycles. The number of hydrogen-bond donors (Lipinski definition) is 2. The number of ether oxygens (including phenoxy) is 1.